The molecular formula is C19H21BrN2. The molecule has 3 heteroatoms. The van der Waals surface area contributed by atoms with E-state index in [4.69, 9.17) is 4.99 Å². The lowest BCUT2D eigenvalue weighted by Gasteiger charge is -2.15. The van der Waals surface area contributed by atoms with Crippen LogP contribution in [0.1, 0.15) is 55.3 Å². The van der Waals surface area contributed by atoms with E-state index in [1.54, 1.807) is 0 Å². The van der Waals surface area contributed by atoms with Gasteiger partial charge in [-0.15, -0.1) is 0 Å². The predicted molar refractivity (Wildman–Crippen MR) is 96.2 cm³/mol. The van der Waals surface area contributed by atoms with Gasteiger partial charge in [-0.25, -0.2) is 4.98 Å². The van der Waals surface area contributed by atoms with Crippen molar-refractivity contribution in [2.75, 3.05) is 0 Å². The van der Waals surface area contributed by atoms with E-state index in [1.807, 2.05) is 25.1 Å². The van der Waals surface area contributed by atoms with Crippen LogP contribution in [0.2, 0.25) is 0 Å². The molecular weight excluding hydrogens is 336 g/mol. The van der Waals surface area contributed by atoms with Crippen LogP contribution in [0.15, 0.2) is 46.0 Å². The topological polar surface area (TPSA) is 25.2 Å². The maximum atomic E-state index is 4.95. The number of halogens is 1. The van der Waals surface area contributed by atoms with E-state index >= 15 is 0 Å². The summed E-state index contributed by atoms with van der Waals surface area (Å²) in [5.74, 6) is 0.668. The van der Waals surface area contributed by atoms with E-state index in [-0.39, 0.29) is 0 Å². The van der Waals surface area contributed by atoms with Gasteiger partial charge in [-0.3, -0.25) is 4.99 Å². The molecule has 2 nitrogen and oxygen atoms in total. The quantitative estimate of drug-likeness (QED) is 0.492. The molecule has 114 valence electrons. The summed E-state index contributed by atoms with van der Waals surface area (Å²) in [4.78, 5) is 9.46. The molecule has 0 saturated heterocycles. The number of benzene rings is 1. The van der Waals surface area contributed by atoms with Gasteiger partial charge in [-0.1, -0.05) is 37.1 Å². The number of pyridine rings is 1. The number of para-hydroxylation sites is 1. The van der Waals surface area contributed by atoms with Crippen molar-refractivity contribution < 1.29 is 0 Å². The van der Waals surface area contributed by atoms with Crippen LogP contribution < -0.4 is 0 Å². The maximum absolute atomic E-state index is 4.95. The summed E-state index contributed by atoms with van der Waals surface area (Å²) in [5, 5.41) is 0. The summed E-state index contributed by atoms with van der Waals surface area (Å²) >= 11 is 3.43. The first-order chi connectivity index (χ1) is 10.6. The third-order valence-corrected chi connectivity index (χ3v) is 4.87. The van der Waals surface area contributed by atoms with E-state index in [9.17, 15) is 0 Å². The highest BCUT2D eigenvalue weighted by Crippen LogP contribution is 2.40. The normalized spacial score (nSPS) is 16.2. The Labute approximate surface area is 140 Å². The molecule has 1 aromatic heterocycles. The first kappa shape index (κ1) is 15.4. The molecule has 2 aromatic rings. The van der Waals surface area contributed by atoms with E-state index in [1.165, 1.54) is 36.8 Å². The molecule has 22 heavy (non-hydrogen) atoms. The number of aryl methyl sites for hydroxylation is 1. The zero-order chi connectivity index (χ0) is 15.5. The Bertz CT molecular complexity index is 700. The third kappa shape index (κ3) is 3.30. The number of aromatic nitrogens is 1. The van der Waals surface area contributed by atoms with Gasteiger partial charge in [0.25, 0.3) is 0 Å². The smallest absolute Gasteiger partial charge is 0.106 e. The SMILES string of the molecule is CC(=Nc1c(C)cccc1C1CCCC1)c1cccc(Br)n1. The minimum atomic E-state index is 0.668. The van der Waals surface area contributed by atoms with Crippen LogP contribution in [0, 0.1) is 6.92 Å². The summed E-state index contributed by atoms with van der Waals surface area (Å²) in [5.41, 5.74) is 5.70. The molecule has 3 rings (SSSR count). The van der Waals surface area contributed by atoms with Crippen molar-refractivity contribution in [3.05, 3.63) is 57.8 Å². The fourth-order valence-corrected chi connectivity index (χ4v) is 3.58. The predicted octanol–water partition coefficient (Wildman–Crippen LogP) is 5.95. The van der Waals surface area contributed by atoms with Crippen LogP contribution in [-0.4, -0.2) is 10.7 Å². The van der Waals surface area contributed by atoms with Crippen LogP contribution in [0.3, 0.4) is 0 Å². The van der Waals surface area contributed by atoms with E-state index in [0.29, 0.717) is 5.92 Å². The Balaban J connectivity index is 2.02. The van der Waals surface area contributed by atoms with Crippen molar-refractivity contribution >= 4 is 27.3 Å². The van der Waals surface area contributed by atoms with Crippen molar-refractivity contribution in [3.8, 4) is 0 Å². The Morgan fingerprint density at radius 2 is 1.86 bits per heavy atom. The van der Waals surface area contributed by atoms with Gasteiger partial charge in [0.15, 0.2) is 0 Å². The fraction of sp³-hybridized carbons (Fsp3) is 0.368. The number of aliphatic imine (C=N–C) groups is 1. The van der Waals surface area contributed by atoms with E-state index < -0.39 is 0 Å². The van der Waals surface area contributed by atoms with Crippen LogP contribution >= 0.6 is 15.9 Å². The lowest BCUT2D eigenvalue weighted by Crippen LogP contribution is -2.00. The van der Waals surface area contributed by atoms with Crippen molar-refractivity contribution in [2.24, 2.45) is 4.99 Å². The molecule has 1 aliphatic rings. The first-order valence-electron chi connectivity index (χ1n) is 7.93. The second-order valence-corrected chi connectivity index (χ2v) is 6.85. The van der Waals surface area contributed by atoms with Crippen LogP contribution in [0.5, 0.6) is 0 Å². The second-order valence-electron chi connectivity index (χ2n) is 6.04. The summed E-state index contributed by atoms with van der Waals surface area (Å²) in [7, 11) is 0. The first-order valence-corrected chi connectivity index (χ1v) is 8.72. The van der Waals surface area contributed by atoms with Gasteiger partial charge in [0, 0.05) is 0 Å². The summed E-state index contributed by atoms with van der Waals surface area (Å²) in [6.07, 6.45) is 5.27. The van der Waals surface area contributed by atoms with Gasteiger partial charge < -0.3 is 0 Å². The molecule has 0 aliphatic heterocycles. The maximum Gasteiger partial charge on any atom is 0.106 e. The highest BCUT2D eigenvalue weighted by molar-refractivity contribution is 9.10. The van der Waals surface area contributed by atoms with Gasteiger partial charge in [0.1, 0.15) is 4.60 Å². The number of hydrogen-bond acceptors (Lipinski definition) is 2. The summed E-state index contributed by atoms with van der Waals surface area (Å²) in [6, 6.07) is 12.5. The standard InChI is InChI=1S/C19H21BrN2/c1-13-7-5-10-16(15-8-3-4-9-15)19(13)21-14(2)17-11-6-12-18(20)22-17/h5-7,10-12,15H,3-4,8-9H2,1-2H3. The third-order valence-electron chi connectivity index (χ3n) is 4.43. The zero-order valence-corrected chi connectivity index (χ0v) is 14.7. The summed E-state index contributed by atoms with van der Waals surface area (Å²) in [6.45, 7) is 4.19. The molecule has 0 spiro atoms. The van der Waals surface area contributed by atoms with E-state index in [2.05, 4.69) is 46.0 Å². The van der Waals surface area contributed by atoms with Gasteiger partial charge in [0.2, 0.25) is 0 Å². The lowest BCUT2D eigenvalue weighted by atomic mass is 9.94. The van der Waals surface area contributed by atoms with Gasteiger partial charge in [0.05, 0.1) is 17.1 Å². The van der Waals surface area contributed by atoms with Gasteiger partial charge in [-0.05, 0) is 71.8 Å². The zero-order valence-electron chi connectivity index (χ0n) is 13.1. The van der Waals surface area contributed by atoms with Crippen LogP contribution in [0.4, 0.5) is 5.69 Å². The molecule has 0 bridgehead atoms. The minimum absolute atomic E-state index is 0.668. The molecule has 1 aliphatic carbocycles. The van der Waals surface area contributed by atoms with Crippen molar-refractivity contribution in [1.29, 1.82) is 0 Å². The molecule has 0 unspecified atom stereocenters. The molecule has 1 aromatic carbocycles. The number of hydrogen-bond donors (Lipinski definition) is 0. The molecule has 0 N–H and O–H groups in total. The second kappa shape index (κ2) is 6.74. The molecule has 0 radical (unpaired) electrons. The number of rotatable bonds is 3. The average Bonchev–Trinajstić information content (AvgIpc) is 3.03. The minimum Gasteiger partial charge on any atom is -0.251 e. The number of nitrogens with zero attached hydrogens (tertiary/aromatic N) is 2. The Morgan fingerprint density at radius 3 is 2.59 bits per heavy atom. The Kier molecular flexibility index (Phi) is 4.72. The van der Waals surface area contributed by atoms with Gasteiger partial charge >= 0.3 is 0 Å². The Morgan fingerprint density at radius 1 is 1.14 bits per heavy atom. The average molecular weight is 357 g/mol. The van der Waals surface area contributed by atoms with Crippen molar-refractivity contribution in [1.82, 2.24) is 4.98 Å². The Hall–Kier alpha value is -1.48. The van der Waals surface area contributed by atoms with Crippen LogP contribution in [0.25, 0.3) is 0 Å². The molecule has 0 atom stereocenters. The van der Waals surface area contributed by atoms with Crippen LogP contribution in [-0.2, 0) is 0 Å². The van der Waals surface area contributed by atoms with Crippen molar-refractivity contribution in [3.63, 3.8) is 0 Å². The summed E-state index contributed by atoms with van der Waals surface area (Å²) < 4.78 is 0.848. The monoisotopic (exact) mass is 356 g/mol. The fourth-order valence-electron chi connectivity index (χ4n) is 3.24. The molecule has 1 heterocycles. The molecule has 0 amide bonds. The lowest BCUT2D eigenvalue weighted by molar-refractivity contribution is 0.723. The van der Waals surface area contributed by atoms with Gasteiger partial charge in [-0.2, -0.15) is 0 Å². The van der Waals surface area contributed by atoms with E-state index in [0.717, 1.165) is 21.7 Å². The van der Waals surface area contributed by atoms with Crippen molar-refractivity contribution in [2.45, 2.75) is 45.4 Å². The highest BCUT2D eigenvalue weighted by Gasteiger charge is 2.20. The highest BCUT2D eigenvalue weighted by atomic mass is 79.9. The molecule has 1 fully saturated rings. The largest absolute Gasteiger partial charge is 0.251 e. The molecule has 1 saturated carbocycles.